The molecule has 1 aromatic carbocycles. The number of aromatic nitrogens is 2. The van der Waals surface area contributed by atoms with Gasteiger partial charge in [-0.15, -0.1) is 0 Å². The molecule has 0 saturated carbocycles. The summed E-state index contributed by atoms with van der Waals surface area (Å²) in [5.74, 6) is 0. The number of ether oxygens (including phenoxy) is 1. The van der Waals surface area contributed by atoms with Gasteiger partial charge >= 0.3 is 0 Å². The third-order valence-electron chi connectivity index (χ3n) is 2.96. The van der Waals surface area contributed by atoms with Gasteiger partial charge in [-0.2, -0.15) is 10.2 Å². The Bertz CT molecular complexity index is 490. The summed E-state index contributed by atoms with van der Waals surface area (Å²) in [5.41, 5.74) is 2.16. The lowest BCUT2D eigenvalue weighted by Crippen LogP contribution is -2.35. The maximum absolute atomic E-state index is 5.24. The first-order valence-corrected chi connectivity index (χ1v) is 6.26. The molecule has 1 heterocycles. The number of hydrogen-bond acceptors (Lipinski definition) is 4. The minimum absolute atomic E-state index is 0.313. The first-order chi connectivity index (χ1) is 8.85. The van der Waals surface area contributed by atoms with E-state index in [1.807, 2.05) is 24.4 Å². The van der Waals surface area contributed by atoms with Gasteiger partial charge in [-0.25, -0.2) is 0 Å². The van der Waals surface area contributed by atoms with Crippen LogP contribution in [0.15, 0.2) is 30.5 Å². The van der Waals surface area contributed by atoms with Crippen LogP contribution in [-0.2, 0) is 11.2 Å². The molecule has 18 heavy (non-hydrogen) atoms. The predicted molar refractivity (Wildman–Crippen MR) is 72.6 cm³/mol. The Morgan fingerprint density at radius 1 is 1.33 bits per heavy atom. The molecule has 0 aliphatic rings. The molecule has 2 rings (SSSR count). The molecule has 1 aromatic heterocycles. The molecule has 4 heteroatoms. The van der Waals surface area contributed by atoms with Crippen LogP contribution >= 0.6 is 0 Å². The largest absolute Gasteiger partial charge is 0.383 e. The second kappa shape index (κ2) is 6.42. The Labute approximate surface area is 107 Å². The number of methoxy groups -OCH3 is 1. The summed E-state index contributed by atoms with van der Waals surface area (Å²) in [5, 5.41) is 12.8. The van der Waals surface area contributed by atoms with Gasteiger partial charge in [0.15, 0.2) is 0 Å². The molecule has 0 aliphatic heterocycles. The van der Waals surface area contributed by atoms with Gasteiger partial charge < -0.3 is 10.1 Å². The molecule has 1 atom stereocenters. The smallest absolute Gasteiger partial charge is 0.0932 e. The summed E-state index contributed by atoms with van der Waals surface area (Å²) in [4.78, 5) is 0. The fraction of sp³-hybridized carbons (Fsp3) is 0.429. The second-order valence-electron chi connectivity index (χ2n) is 4.30. The highest BCUT2D eigenvalue weighted by molar-refractivity contribution is 5.81. The molecule has 0 bridgehead atoms. The van der Waals surface area contributed by atoms with E-state index in [2.05, 4.69) is 28.5 Å². The van der Waals surface area contributed by atoms with Crippen LogP contribution in [0.5, 0.6) is 0 Å². The summed E-state index contributed by atoms with van der Waals surface area (Å²) < 4.78 is 5.24. The van der Waals surface area contributed by atoms with Crippen molar-refractivity contribution in [1.29, 1.82) is 0 Å². The normalized spacial score (nSPS) is 12.8. The second-order valence-corrected chi connectivity index (χ2v) is 4.30. The maximum Gasteiger partial charge on any atom is 0.0932 e. The molecule has 0 amide bonds. The number of nitrogens with one attached hydrogen (secondary N) is 1. The highest BCUT2D eigenvalue weighted by Crippen LogP contribution is 2.16. The number of likely N-dealkylation sites (N-methyl/N-ethyl adjacent to an activating group) is 1. The van der Waals surface area contributed by atoms with Crippen LogP contribution in [-0.4, -0.2) is 36.5 Å². The van der Waals surface area contributed by atoms with Crippen LogP contribution in [0.1, 0.15) is 12.5 Å². The van der Waals surface area contributed by atoms with E-state index >= 15 is 0 Å². The number of hydrogen-bond donors (Lipinski definition) is 1. The van der Waals surface area contributed by atoms with Gasteiger partial charge in [-0.05, 0) is 24.6 Å². The van der Waals surface area contributed by atoms with Crippen molar-refractivity contribution in [1.82, 2.24) is 15.5 Å². The molecule has 0 saturated heterocycles. The molecular formula is C14H19N3O. The highest BCUT2D eigenvalue weighted by Gasteiger charge is 2.10. The van der Waals surface area contributed by atoms with Gasteiger partial charge in [0.05, 0.1) is 18.3 Å². The average Bonchev–Trinajstić information content (AvgIpc) is 2.40. The van der Waals surface area contributed by atoms with Gasteiger partial charge in [-0.3, -0.25) is 0 Å². The molecular weight excluding hydrogens is 226 g/mol. The fourth-order valence-electron chi connectivity index (χ4n) is 2.17. The zero-order valence-electron chi connectivity index (χ0n) is 10.9. The highest BCUT2D eigenvalue weighted by atomic mass is 16.5. The van der Waals surface area contributed by atoms with Crippen molar-refractivity contribution in [3.05, 3.63) is 36.0 Å². The summed E-state index contributed by atoms with van der Waals surface area (Å²) >= 11 is 0. The van der Waals surface area contributed by atoms with Crippen molar-refractivity contribution in [2.24, 2.45) is 0 Å². The third kappa shape index (κ3) is 3.03. The Morgan fingerprint density at radius 3 is 2.94 bits per heavy atom. The Hall–Kier alpha value is -1.52. The molecule has 0 radical (unpaired) electrons. The van der Waals surface area contributed by atoms with Crippen molar-refractivity contribution in [3.8, 4) is 0 Å². The lowest BCUT2D eigenvalue weighted by Gasteiger charge is -2.17. The van der Waals surface area contributed by atoms with E-state index < -0.39 is 0 Å². The molecule has 0 spiro atoms. The van der Waals surface area contributed by atoms with Crippen LogP contribution in [0.3, 0.4) is 0 Å². The topological polar surface area (TPSA) is 47.0 Å². The van der Waals surface area contributed by atoms with E-state index in [4.69, 9.17) is 4.74 Å². The lowest BCUT2D eigenvalue weighted by atomic mass is 10.0. The van der Waals surface area contributed by atoms with Crippen LogP contribution in [0.2, 0.25) is 0 Å². The number of rotatable bonds is 6. The molecule has 2 aromatic rings. The molecule has 4 nitrogen and oxygen atoms in total. The number of benzene rings is 1. The van der Waals surface area contributed by atoms with Crippen LogP contribution in [0.25, 0.3) is 10.9 Å². The van der Waals surface area contributed by atoms with E-state index in [9.17, 15) is 0 Å². The van der Waals surface area contributed by atoms with E-state index in [1.54, 1.807) is 7.11 Å². The van der Waals surface area contributed by atoms with Gasteiger partial charge in [0.1, 0.15) is 0 Å². The Kier molecular flexibility index (Phi) is 4.61. The molecule has 1 unspecified atom stereocenters. The van der Waals surface area contributed by atoms with Gasteiger partial charge in [-0.1, -0.05) is 25.1 Å². The van der Waals surface area contributed by atoms with Crippen LogP contribution in [0, 0.1) is 0 Å². The van der Waals surface area contributed by atoms with Crippen molar-refractivity contribution >= 4 is 10.9 Å². The summed E-state index contributed by atoms with van der Waals surface area (Å²) in [6.45, 7) is 3.74. The van der Waals surface area contributed by atoms with Gasteiger partial charge in [0.25, 0.3) is 0 Å². The van der Waals surface area contributed by atoms with Crippen LogP contribution < -0.4 is 5.32 Å². The van der Waals surface area contributed by atoms with Gasteiger partial charge in [0, 0.05) is 18.5 Å². The summed E-state index contributed by atoms with van der Waals surface area (Å²) in [7, 11) is 1.73. The van der Waals surface area contributed by atoms with Crippen LogP contribution in [0.4, 0.5) is 0 Å². The van der Waals surface area contributed by atoms with Crippen molar-refractivity contribution in [2.75, 3.05) is 20.3 Å². The maximum atomic E-state index is 5.24. The monoisotopic (exact) mass is 245 g/mol. The predicted octanol–water partition coefficient (Wildman–Crippen LogP) is 1.80. The molecule has 0 fully saturated rings. The zero-order valence-corrected chi connectivity index (χ0v) is 10.9. The Morgan fingerprint density at radius 2 is 2.17 bits per heavy atom. The first-order valence-electron chi connectivity index (χ1n) is 6.26. The number of nitrogens with zero attached hydrogens (tertiary/aromatic N) is 2. The molecule has 0 aliphatic carbocycles. The SMILES string of the molecule is CCNC(COC)Cc1cnnc2ccccc12. The van der Waals surface area contributed by atoms with E-state index in [0.29, 0.717) is 12.6 Å². The fourth-order valence-corrected chi connectivity index (χ4v) is 2.17. The first kappa shape index (κ1) is 12.9. The summed E-state index contributed by atoms with van der Waals surface area (Å²) in [6.07, 6.45) is 2.75. The Balaban J connectivity index is 2.24. The van der Waals surface area contributed by atoms with Crippen molar-refractivity contribution in [3.63, 3.8) is 0 Å². The van der Waals surface area contributed by atoms with E-state index in [0.717, 1.165) is 18.5 Å². The van der Waals surface area contributed by atoms with Crippen molar-refractivity contribution < 1.29 is 4.74 Å². The zero-order chi connectivity index (χ0) is 12.8. The third-order valence-corrected chi connectivity index (χ3v) is 2.96. The van der Waals surface area contributed by atoms with Gasteiger partial charge in [0.2, 0.25) is 0 Å². The molecule has 1 N–H and O–H groups in total. The minimum Gasteiger partial charge on any atom is -0.383 e. The lowest BCUT2D eigenvalue weighted by molar-refractivity contribution is 0.167. The van der Waals surface area contributed by atoms with Crippen molar-refractivity contribution in [2.45, 2.75) is 19.4 Å². The van der Waals surface area contributed by atoms with E-state index in [1.165, 1.54) is 10.9 Å². The number of fused-ring (bicyclic) bond motifs is 1. The standard InChI is InChI=1S/C14H19N3O/c1-3-15-12(10-18-2)8-11-9-16-17-14-7-5-4-6-13(11)14/h4-7,9,12,15H,3,8,10H2,1-2H3. The molecule has 96 valence electrons. The quantitative estimate of drug-likeness (QED) is 0.843. The minimum atomic E-state index is 0.313. The summed E-state index contributed by atoms with van der Waals surface area (Å²) in [6, 6.07) is 8.41. The van der Waals surface area contributed by atoms with E-state index in [-0.39, 0.29) is 0 Å². The average molecular weight is 245 g/mol.